The zero-order valence-corrected chi connectivity index (χ0v) is 10.0. The second-order valence-electron chi connectivity index (χ2n) is 4.72. The third-order valence-corrected chi connectivity index (χ3v) is 3.13. The molecule has 1 atom stereocenters. The molecule has 94 valence electrons. The highest BCUT2D eigenvalue weighted by Gasteiger charge is 2.30. The number of amides is 2. The fourth-order valence-electron chi connectivity index (χ4n) is 1.88. The summed E-state index contributed by atoms with van der Waals surface area (Å²) in [4.78, 5) is 23.1. The Balaban J connectivity index is 1.80. The normalized spacial score (nSPS) is 21.6. The average Bonchev–Trinajstić information content (AvgIpc) is 3.15. The molecule has 5 nitrogen and oxygen atoms in total. The third kappa shape index (κ3) is 2.03. The predicted octanol–water partition coefficient (Wildman–Crippen LogP) is 1.75. The molecule has 1 saturated carbocycles. The number of hydrogen-bond donors (Lipinski definition) is 2. The summed E-state index contributed by atoms with van der Waals surface area (Å²) in [6.07, 6.45) is 1.45. The van der Waals surface area contributed by atoms with Gasteiger partial charge in [-0.1, -0.05) is 0 Å². The van der Waals surface area contributed by atoms with Gasteiger partial charge in [-0.25, -0.2) is 0 Å². The number of carbonyl (C=O) groups excluding carboxylic acids is 2. The van der Waals surface area contributed by atoms with Crippen LogP contribution in [0.3, 0.4) is 0 Å². The molecule has 0 aromatic heterocycles. The van der Waals surface area contributed by atoms with Crippen LogP contribution in [0, 0.1) is 5.92 Å². The van der Waals surface area contributed by atoms with Gasteiger partial charge < -0.3 is 15.4 Å². The van der Waals surface area contributed by atoms with Gasteiger partial charge in [-0.3, -0.25) is 9.59 Å². The number of hydrogen-bond acceptors (Lipinski definition) is 3. The number of benzene rings is 1. The Kier molecular flexibility index (Phi) is 2.47. The minimum Gasteiger partial charge on any atom is -0.479 e. The van der Waals surface area contributed by atoms with Crippen molar-refractivity contribution in [3.8, 4) is 5.75 Å². The molecular formula is C13H14N2O3. The van der Waals surface area contributed by atoms with Gasteiger partial charge >= 0.3 is 0 Å². The Morgan fingerprint density at radius 1 is 1.44 bits per heavy atom. The molecule has 1 heterocycles. The maximum Gasteiger partial charge on any atom is 0.265 e. The van der Waals surface area contributed by atoms with E-state index in [0.717, 1.165) is 12.8 Å². The van der Waals surface area contributed by atoms with E-state index in [0.29, 0.717) is 17.1 Å². The maximum absolute atomic E-state index is 11.6. The van der Waals surface area contributed by atoms with Gasteiger partial charge in [0.15, 0.2) is 6.10 Å². The van der Waals surface area contributed by atoms with Crippen LogP contribution in [0.25, 0.3) is 0 Å². The highest BCUT2D eigenvalue weighted by Crippen LogP contribution is 2.34. The quantitative estimate of drug-likeness (QED) is 0.835. The van der Waals surface area contributed by atoms with E-state index in [1.807, 2.05) is 0 Å². The summed E-state index contributed by atoms with van der Waals surface area (Å²) in [7, 11) is 0. The minimum atomic E-state index is -0.482. The SMILES string of the molecule is C[C@@H]1Oc2ccc(NC(=O)C3CC3)cc2NC1=O. The number of rotatable bonds is 2. The Bertz CT molecular complexity index is 523. The first-order chi connectivity index (χ1) is 8.63. The van der Waals surface area contributed by atoms with Crippen molar-refractivity contribution in [1.82, 2.24) is 0 Å². The zero-order valence-electron chi connectivity index (χ0n) is 10.0. The van der Waals surface area contributed by atoms with E-state index in [2.05, 4.69) is 10.6 Å². The van der Waals surface area contributed by atoms with Crippen LogP contribution in [0.5, 0.6) is 5.75 Å². The fraction of sp³-hybridized carbons (Fsp3) is 0.385. The molecule has 2 N–H and O–H groups in total. The number of anilines is 2. The van der Waals surface area contributed by atoms with Crippen LogP contribution in [-0.2, 0) is 9.59 Å². The summed E-state index contributed by atoms with van der Waals surface area (Å²) < 4.78 is 5.44. The van der Waals surface area contributed by atoms with E-state index in [1.54, 1.807) is 25.1 Å². The molecule has 1 fully saturated rings. The van der Waals surface area contributed by atoms with Crippen molar-refractivity contribution in [2.75, 3.05) is 10.6 Å². The van der Waals surface area contributed by atoms with Crippen LogP contribution in [0.1, 0.15) is 19.8 Å². The van der Waals surface area contributed by atoms with Crippen molar-refractivity contribution in [2.45, 2.75) is 25.9 Å². The lowest BCUT2D eigenvalue weighted by atomic mass is 10.2. The van der Waals surface area contributed by atoms with E-state index in [-0.39, 0.29) is 17.7 Å². The summed E-state index contributed by atoms with van der Waals surface area (Å²) in [5.74, 6) is 0.665. The molecule has 3 rings (SSSR count). The summed E-state index contributed by atoms with van der Waals surface area (Å²) in [6, 6.07) is 5.26. The van der Waals surface area contributed by atoms with Crippen molar-refractivity contribution in [3.05, 3.63) is 18.2 Å². The van der Waals surface area contributed by atoms with Gasteiger partial charge in [0.2, 0.25) is 5.91 Å². The van der Waals surface area contributed by atoms with E-state index in [4.69, 9.17) is 4.74 Å². The Morgan fingerprint density at radius 3 is 2.94 bits per heavy atom. The molecule has 1 aliphatic heterocycles. The summed E-state index contributed by atoms with van der Waals surface area (Å²) >= 11 is 0. The minimum absolute atomic E-state index is 0.0476. The first kappa shape index (κ1) is 11.1. The average molecular weight is 246 g/mol. The number of ether oxygens (including phenoxy) is 1. The Labute approximate surface area is 105 Å². The Hall–Kier alpha value is -2.04. The van der Waals surface area contributed by atoms with Crippen LogP contribution in [0.2, 0.25) is 0 Å². The van der Waals surface area contributed by atoms with Crippen LogP contribution in [-0.4, -0.2) is 17.9 Å². The number of fused-ring (bicyclic) bond motifs is 1. The van der Waals surface area contributed by atoms with Gasteiger partial charge in [0.05, 0.1) is 5.69 Å². The lowest BCUT2D eigenvalue weighted by Gasteiger charge is -2.23. The van der Waals surface area contributed by atoms with Crippen molar-refractivity contribution < 1.29 is 14.3 Å². The molecule has 5 heteroatoms. The lowest BCUT2D eigenvalue weighted by Crippen LogP contribution is -2.34. The van der Waals surface area contributed by atoms with Crippen LogP contribution in [0.15, 0.2) is 18.2 Å². The van der Waals surface area contributed by atoms with Crippen LogP contribution >= 0.6 is 0 Å². The maximum atomic E-state index is 11.6. The molecular weight excluding hydrogens is 232 g/mol. The molecule has 2 aliphatic rings. The number of carbonyl (C=O) groups is 2. The van der Waals surface area contributed by atoms with Crippen LogP contribution < -0.4 is 15.4 Å². The van der Waals surface area contributed by atoms with Crippen LogP contribution in [0.4, 0.5) is 11.4 Å². The second-order valence-corrected chi connectivity index (χ2v) is 4.72. The third-order valence-electron chi connectivity index (χ3n) is 3.13. The van der Waals surface area contributed by atoms with Gasteiger partial charge in [0, 0.05) is 11.6 Å². The summed E-state index contributed by atoms with van der Waals surface area (Å²) in [5.41, 5.74) is 1.29. The zero-order chi connectivity index (χ0) is 12.7. The lowest BCUT2D eigenvalue weighted by molar-refractivity contribution is -0.122. The standard InChI is InChI=1S/C13H14N2O3/c1-7-12(16)15-10-6-9(4-5-11(10)18-7)14-13(17)8-2-3-8/h4-8H,2-3H2,1H3,(H,14,17)(H,15,16)/t7-/m0/s1. The molecule has 2 amide bonds. The van der Waals surface area contributed by atoms with Crippen molar-refractivity contribution in [2.24, 2.45) is 5.92 Å². The van der Waals surface area contributed by atoms with E-state index in [1.165, 1.54) is 0 Å². The van der Waals surface area contributed by atoms with Gasteiger partial charge in [-0.2, -0.15) is 0 Å². The number of nitrogens with one attached hydrogen (secondary N) is 2. The van der Waals surface area contributed by atoms with Crippen molar-refractivity contribution in [1.29, 1.82) is 0 Å². The molecule has 0 spiro atoms. The highest BCUT2D eigenvalue weighted by molar-refractivity contribution is 5.99. The first-order valence-electron chi connectivity index (χ1n) is 6.06. The first-order valence-corrected chi connectivity index (χ1v) is 6.06. The van der Waals surface area contributed by atoms with Crippen molar-refractivity contribution >= 4 is 23.2 Å². The van der Waals surface area contributed by atoms with E-state index < -0.39 is 6.10 Å². The van der Waals surface area contributed by atoms with Gasteiger partial charge in [0.25, 0.3) is 5.91 Å². The molecule has 1 aliphatic carbocycles. The monoisotopic (exact) mass is 246 g/mol. The Morgan fingerprint density at radius 2 is 2.22 bits per heavy atom. The van der Waals surface area contributed by atoms with Gasteiger partial charge in [-0.05, 0) is 38.0 Å². The highest BCUT2D eigenvalue weighted by atomic mass is 16.5. The van der Waals surface area contributed by atoms with Gasteiger partial charge in [-0.15, -0.1) is 0 Å². The topological polar surface area (TPSA) is 67.4 Å². The predicted molar refractivity (Wildman–Crippen MR) is 66.5 cm³/mol. The van der Waals surface area contributed by atoms with Crippen molar-refractivity contribution in [3.63, 3.8) is 0 Å². The molecule has 0 unspecified atom stereocenters. The molecule has 18 heavy (non-hydrogen) atoms. The molecule has 1 aromatic carbocycles. The molecule has 0 radical (unpaired) electrons. The fourth-order valence-corrected chi connectivity index (χ4v) is 1.88. The van der Waals surface area contributed by atoms with E-state index >= 15 is 0 Å². The molecule has 1 aromatic rings. The summed E-state index contributed by atoms with van der Waals surface area (Å²) in [6.45, 7) is 1.70. The van der Waals surface area contributed by atoms with Gasteiger partial charge in [0.1, 0.15) is 5.75 Å². The molecule has 0 bridgehead atoms. The largest absolute Gasteiger partial charge is 0.479 e. The summed E-state index contributed by atoms with van der Waals surface area (Å²) in [5, 5.41) is 5.59. The molecule has 0 saturated heterocycles. The smallest absolute Gasteiger partial charge is 0.265 e. The second kappa shape index (κ2) is 4.01. The van der Waals surface area contributed by atoms with E-state index in [9.17, 15) is 9.59 Å².